The van der Waals surface area contributed by atoms with Gasteiger partial charge in [-0.1, -0.05) is 141 Å². The number of ketones is 1. The minimum Gasteiger partial charge on any atom is -0.394 e. The number of hydrogen-bond donors (Lipinski definition) is 2. The molecule has 1 saturated heterocycles. The number of hydrogen-bond acceptors (Lipinski definition) is 4. The monoisotopic (exact) mass is 717 g/mol. The first kappa shape index (κ1) is 44.4. The van der Waals surface area contributed by atoms with E-state index < -0.39 is 0 Å². The molecule has 2 aromatic rings. The van der Waals surface area contributed by atoms with Gasteiger partial charge in [-0.2, -0.15) is 0 Å². The molecule has 3 unspecified atom stereocenters. The number of likely N-dealkylation sites (tertiary alicyclic amines) is 1. The summed E-state index contributed by atoms with van der Waals surface area (Å²) < 4.78 is 0. The Kier molecular flexibility index (Phi) is 20.2. The van der Waals surface area contributed by atoms with Crippen molar-refractivity contribution < 1.29 is 9.90 Å². The van der Waals surface area contributed by atoms with Crippen LogP contribution in [0.2, 0.25) is 0 Å². The van der Waals surface area contributed by atoms with E-state index in [1.54, 1.807) is 6.92 Å². The van der Waals surface area contributed by atoms with Crippen molar-refractivity contribution in [1.29, 1.82) is 0 Å². The molecule has 5 atom stereocenters. The van der Waals surface area contributed by atoms with Crippen LogP contribution < -0.4 is 5.73 Å². The van der Waals surface area contributed by atoms with Crippen LogP contribution in [-0.2, 0) is 17.6 Å². The maximum absolute atomic E-state index is 11.4. The van der Waals surface area contributed by atoms with Crippen LogP contribution in [0.5, 0.6) is 0 Å². The lowest BCUT2D eigenvalue weighted by Gasteiger charge is -2.42. The van der Waals surface area contributed by atoms with Gasteiger partial charge in [0.1, 0.15) is 5.78 Å². The topological polar surface area (TPSA) is 66.6 Å². The average Bonchev–Trinajstić information content (AvgIpc) is 3.83. The van der Waals surface area contributed by atoms with Gasteiger partial charge in [-0.15, -0.1) is 0 Å². The van der Waals surface area contributed by atoms with E-state index in [2.05, 4.69) is 74.2 Å². The second-order valence-corrected chi connectivity index (χ2v) is 16.9. The third-order valence-corrected chi connectivity index (χ3v) is 13.1. The number of carbonyl (C=O) groups excluding carboxylic acids is 1. The summed E-state index contributed by atoms with van der Waals surface area (Å²) >= 11 is 0. The minimum atomic E-state index is -0.382. The first-order valence-electron chi connectivity index (χ1n) is 21.6. The number of Topliss-reactive ketones (excluding diaryl/α,β-unsaturated/α-hetero) is 1. The summed E-state index contributed by atoms with van der Waals surface area (Å²) in [7, 11) is 0. The zero-order chi connectivity index (χ0) is 36.5. The highest BCUT2D eigenvalue weighted by atomic mass is 16.3. The average molecular weight is 717 g/mol. The molecule has 2 aromatic carbocycles. The summed E-state index contributed by atoms with van der Waals surface area (Å²) in [5.74, 6) is 2.48. The van der Waals surface area contributed by atoms with Crippen molar-refractivity contribution >= 4 is 5.78 Å². The normalized spacial score (nSPS) is 23.0. The molecule has 2 saturated carbocycles. The van der Waals surface area contributed by atoms with Gasteiger partial charge in [0.2, 0.25) is 0 Å². The number of aryl methyl sites for hydroxylation is 2. The van der Waals surface area contributed by atoms with Crippen LogP contribution >= 0.6 is 0 Å². The van der Waals surface area contributed by atoms with Gasteiger partial charge in [0.25, 0.3) is 0 Å². The van der Waals surface area contributed by atoms with Gasteiger partial charge in [-0.3, -0.25) is 9.69 Å². The number of carbonyl (C=O) groups is 1. The minimum absolute atomic E-state index is 0. The Labute approximate surface area is 321 Å². The summed E-state index contributed by atoms with van der Waals surface area (Å²) in [5.41, 5.74) is 12.0. The molecule has 0 amide bonds. The maximum Gasteiger partial charge on any atom is 0.135 e. The van der Waals surface area contributed by atoms with E-state index in [-0.39, 0.29) is 19.6 Å². The van der Waals surface area contributed by atoms with Gasteiger partial charge < -0.3 is 10.8 Å². The largest absolute Gasteiger partial charge is 0.394 e. The Balaban J connectivity index is 0.000000275. The molecule has 0 radical (unpaired) electrons. The molecule has 1 aliphatic heterocycles. The van der Waals surface area contributed by atoms with Crippen LogP contribution in [-0.4, -0.2) is 47.1 Å². The summed E-state index contributed by atoms with van der Waals surface area (Å²) in [5, 5.41) is 9.66. The molecule has 5 rings (SSSR count). The predicted molar refractivity (Wildman–Crippen MR) is 224 cm³/mol. The van der Waals surface area contributed by atoms with Crippen molar-refractivity contribution in [3.8, 4) is 0 Å². The quantitative estimate of drug-likeness (QED) is 0.126. The maximum atomic E-state index is 11.4. The molecule has 4 heteroatoms. The molecule has 1 heterocycles. The molecule has 0 aromatic heterocycles. The summed E-state index contributed by atoms with van der Waals surface area (Å²) in [6.45, 7) is 10.5. The lowest BCUT2D eigenvalue weighted by Crippen LogP contribution is -2.53. The van der Waals surface area contributed by atoms with E-state index in [9.17, 15) is 9.90 Å². The number of aliphatic hydroxyl groups excluding tert-OH is 1. The molecular formula is C48H80N2O2. The first-order valence-corrected chi connectivity index (χ1v) is 21.6. The molecule has 0 spiro atoms. The lowest BCUT2D eigenvalue weighted by atomic mass is 9.81. The second kappa shape index (κ2) is 23.7. The van der Waals surface area contributed by atoms with Gasteiger partial charge in [0.15, 0.2) is 0 Å². The van der Waals surface area contributed by atoms with Gasteiger partial charge in [0, 0.05) is 30.6 Å². The Morgan fingerprint density at radius 1 is 0.692 bits per heavy atom. The molecule has 3 fully saturated rings. The SMILES string of the molecule is C.CCCCCCCCc1ccc(C2CCC(N3CC(C(C)=O)C3)C2)cc1.CCCCCCCCc1ccc([C@@H]2CC[C@H](C(N)(CC)CO)C2)cc1. The van der Waals surface area contributed by atoms with E-state index >= 15 is 0 Å². The summed E-state index contributed by atoms with van der Waals surface area (Å²) in [4.78, 5) is 14.0. The highest BCUT2D eigenvalue weighted by Crippen LogP contribution is 2.43. The van der Waals surface area contributed by atoms with Crippen molar-refractivity contribution in [2.24, 2.45) is 17.6 Å². The van der Waals surface area contributed by atoms with Crippen LogP contribution in [0.3, 0.4) is 0 Å². The van der Waals surface area contributed by atoms with E-state index in [0.29, 0.717) is 29.6 Å². The third-order valence-electron chi connectivity index (χ3n) is 13.1. The number of benzene rings is 2. The van der Waals surface area contributed by atoms with Crippen molar-refractivity contribution in [3.63, 3.8) is 0 Å². The lowest BCUT2D eigenvalue weighted by molar-refractivity contribution is -0.126. The van der Waals surface area contributed by atoms with Crippen molar-refractivity contribution in [1.82, 2.24) is 4.90 Å². The second-order valence-electron chi connectivity index (χ2n) is 16.9. The number of unbranched alkanes of at least 4 members (excludes halogenated alkanes) is 10. The Morgan fingerprint density at radius 2 is 1.15 bits per heavy atom. The Morgan fingerprint density at radius 3 is 1.62 bits per heavy atom. The van der Waals surface area contributed by atoms with Crippen LogP contribution in [0.15, 0.2) is 48.5 Å². The third kappa shape index (κ3) is 13.7. The molecule has 294 valence electrons. The predicted octanol–water partition coefficient (Wildman–Crippen LogP) is 12.0. The summed E-state index contributed by atoms with van der Waals surface area (Å²) in [6, 6.07) is 19.5. The van der Waals surface area contributed by atoms with Gasteiger partial charge >= 0.3 is 0 Å². The molecule has 4 nitrogen and oxygen atoms in total. The number of rotatable bonds is 21. The number of nitrogens with zero attached hydrogens (tertiary/aromatic N) is 1. The highest BCUT2D eigenvalue weighted by Gasteiger charge is 2.39. The number of nitrogens with two attached hydrogens (primary N) is 1. The zero-order valence-corrected chi connectivity index (χ0v) is 33.4. The van der Waals surface area contributed by atoms with E-state index in [4.69, 9.17) is 5.73 Å². The van der Waals surface area contributed by atoms with Crippen molar-refractivity contribution in [2.75, 3.05) is 19.7 Å². The highest BCUT2D eigenvalue weighted by molar-refractivity contribution is 5.79. The van der Waals surface area contributed by atoms with Gasteiger partial charge in [0.05, 0.1) is 6.61 Å². The van der Waals surface area contributed by atoms with E-state index in [0.717, 1.165) is 38.3 Å². The fraction of sp³-hybridized carbons (Fsp3) is 0.729. The summed E-state index contributed by atoms with van der Waals surface area (Å²) in [6.07, 6.45) is 27.1. The molecule has 3 aliphatic rings. The van der Waals surface area contributed by atoms with Crippen LogP contribution in [0.1, 0.15) is 191 Å². The molecular weight excluding hydrogens is 637 g/mol. The van der Waals surface area contributed by atoms with Crippen LogP contribution in [0.4, 0.5) is 0 Å². The Hall–Kier alpha value is -2.01. The van der Waals surface area contributed by atoms with Crippen LogP contribution in [0, 0.1) is 11.8 Å². The standard InChI is InChI=1S/C24H37NO.C23H39NO.CH4/c1-3-4-5-6-7-8-9-20-10-12-21(13-11-20)22-14-15-24(16-22)25-17-23(18-25)19(2)26;1-3-5-6-7-8-9-10-19-11-13-20(14-12-19)21-15-16-22(17-21)23(24,4-2)18-25;/h10-13,22-24H,3-9,14-18H2,1-2H3;11-14,21-22,25H,3-10,15-18,24H2,1-2H3;1H4/t;21-,22+,23?;/m.1./s1. The van der Waals surface area contributed by atoms with E-state index in [1.165, 1.54) is 138 Å². The first-order chi connectivity index (χ1) is 24.8. The fourth-order valence-corrected chi connectivity index (χ4v) is 9.13. The molecule has 3 N–H and O–H groups in total. The Bertz CT molecular complexity index is 1230. The van der Waals surface area contributed by atoms with Crippen LogP contribution in [0.25, 0.3) is 0 Å². The number of aliphatic hydroxyl groups is 1. The van der Waals surface area contributed by atoms with Crippen molar-refractivity contribution in [2.45, 2.75) is 193 Å². The smallest absolute Gasteiger partial charge is 0.135 e. The molecule has 52 heavy (non-hydrogen) atoms. The fourth-order valence-electron chi connectivity index (χ4n) is 9.13. The molecule has 2 aliphatic carbocycles. The zero-order valence-electron chi connectivity index (χ0n) is 33.4. The van der Waals surface area contributed by atoms with Crippen molar-refractivity contribution in [3.05, 3.63) is 70.8 Å². The van der Waals surface area contributed by atoms with Gasteiger partial charge in [-0.05, 0) is 118 Å². The van der Waals surface area contributed by atoms with Gasteiger partial charge in [-0.25, -0.2) is 0 Å². The molecule has 0 bridgehead atoms. The van der Waals surface area contributed by atoms with E-state index in [1.807, 2.05) is 0 Å².